The van der Waals surface area contributed by atoms with E-state index >= 15 is 0 Å². The van der Waals surface area contributed by atoms with Crippen LogP contribution in [0.5, 0.6) is 0 Å². The quantitative estimate of drug-likeness (QED) is 0.499. The van der Waals surface area contributed by atoms with Crippen molar-refractivity contribution >= 4 is 28.5 Å². The number of furan rings is 2. The standard InChI is InChI=1S/C17H11ClN2O5/c1-9-10-4-2-5-11(18)15(10)25-14(9)17(21)23-8-13-19-20-16(24-13)12-6-3-7-22-12/h2-7H,8H2,1H3. The summed E-state index contributed by atoms with van der Waals surface area (Å²) >= 11 is 6.08. The van der Waals surface area contributed by atoms with Gasteiger partial charge in [0.15, 0.2) is 18.0 Å². The molecule has 3 heterocycles. The molecule has 0 spiro atoms. The van der Waals surface area contributed by atoms with Gasteiger partial charge in [-0.05, 0) is 25.1 Å². The minimum Gasteiger partial charge on any atom is -0.459 e. The van der Waals surface area contributed by atoms with E-state index in [1.54, 1.807) is 31.2 Å². The van der Waals surface area contributed by atoms with Gasteiger partial charge in [0.2, 0.25) is 5.76 Å². The second-order valence-corrected chi connectivity index (χ2v) is 5.63. The number of carbonyl (C=O) groups excluding carboxylic acids is 1. The maximum Gasteiger partial charge on any atom is 0.375 e. The largest absolute Gasteiger partial charge is 0.459 e. The molecular formula is C17H11ClN2O5. The van der Waals surface area contributed by atoms with Gasteiger partial charge in [-0.15, -0.1) is 10.2 Å². The number of nitrogens with zero attached hydrogens (tertiary/aromatic N) is 2. The van der Waals surface area contributed by atoms with Crippen molar-refractivity contribution in [2.24, 2.45) is 0 Å². The molecule has 1 aromatic carbocycles. The lowest BCUT2D eigenvalue weighted by Gasteiger charge is -1.99. The summed E-state index contributed by atoms with van der Waals surface area (Å²) in [5.41, 5.74) is 1.11. The number of aromatic nitrogens is 2. The van der Waals surface area contributed by atoms with E-state index < -0.39 is 5.97 Å². The molecule has 0 saturated heterocycles. The van der Waals surface area contributed by atoms with Crippen molar-refractivity contribution in [3.63, 3.8) is 0 Å². The third-order valence-corrected chi connectivity index (χ3v) is 3.92. The van der Waals surface area contributed by atoms with Crippen molar-refractivity contribution in [2.45, 2.75) is 13.5 Å². The van der Waals surface area contributed by atoms with Crippen molar-refractivity contribution < 1.29 is 22.8 Å². The second kappa shape index (κ2) is 6.10. The van der Waals surface area contributed by atoms with Crippen LogP contribution in [0, 0.1) is 6.92 Å². The molecule has 0 atom stereocenters. The lowest BCUT2D eigenvalue weighted by molar-refractivity contribution is 0.0403. The van der Waals surface area contributed by atoms with Gasteiger partial charge < -0.3 is 18.0 Å². The Morgan fingerprint density at radius 2 is 2.08 bits per heavy atom. The van der Waals surface area contributed by atoms with Gasteiger partial charge in [-0.3, -0.25) is 0 Å². The molecule has 0 saturated carbocycles. The summed E-state index contributed by atoms with van der Waals surface area (Å²) in [6.45, 7) is 1.58. The summed E-state index contributed by atoms with van der Waals surface area (Å²) in [6, 6.07) is 8.69. The smallest absolute Gasteiger partial charge is 0.375 e. The van der Waals surface area contributed by atoms with E-state index in [2.05, 4.69) is 10.2 Å². The number of halogens is 1. The monoisotopic (exact) mass is 358 g/mol. The number of ether oxygens (including phenoxy) is 1. The normalized spacial score (nSPS) is 11.1. The van der Waals surface area contributed by atoms with Crippen molar-refractivity contribution in [2.75, 3.05) is 0 Å². The number of benzene rings is 1. The zero-order chi connectivity index (χ0) is 17.4. The van der Waals surface area contributed by atoms with Gasteiger partial charge in [-0.25, -0.2) is 4.79 Å². The number of carbonyl (C=O) groups is 1. The van der Waals surface area contributed by atoms with E-state index in [0.717, 1.165) is 5.39 Å². The fraction of sp³-hybridized carbons (Fsp3) is 0.118. The van der Waals surface area contributed by atoms with Crippen molar-refractivity contribution in [3.05, 3.63) is 58.8 Å². The van der Waals surface area contributed by atoms with E-state index in [0.29, 0.717) is 21.9 Å². The van der Waals surface area contributed by atoms with Crippen LogP contribution in [0.4, 0.5) is 0 Å². The zero-order valence-corrected chi connectivity index (χ0v) is 13.7. The summed E-state index contributed by atoms with van der Waals surface area (Å²) in [5.74, 6) is 0.249. The van der Waals surface area contributed by atoms with Gasteiger partial charge in [0.1, 0.15) is 0 Å². The van der Waals surface area contributed by atoms with Crippen LogP contribution in [0.25, 0.3) is 22.6 Å². The second-order valence-electron chi connectivity index (χ2n) is 5.23. The molecular weight excluding hydrogens is 348 g/mol. The topological polar surface area (TPSA) is 91.5 Å². The maximum absolute atomic E-state index is 12.3. The maximum atomic E-state index is 12.3. The lowest BCUT2D eigenvalue weighted by atomic mass is 10.1. The van der Waals surface area contributed by atoms with Crippen LogP contribution >= 0.6 is 11.6 Å². The van der Waals surface area contributed by atoms with Crippen LogP contribution in [-0.4, -0.2) is 16.2 Å². The third kappa shape index (κ3) is 2.78. The molecule has 0 bridgehead atoms. The molecule has 0 N–H and O–H groups in total. The highest BCUT2D eigenvalue weighted by molar-refractivity contribution is 6.35. The molecule has 8 heteroatoms. The minimum atomic E-state index is -0.637. The SMILES string of the molecule is Cc1c(C(=O)OCc2nnc(-c3ccco3)o2)oc2c(Cl)cccc12. The predicted molar refractivity (Wildman–Crippen MR) is 87.1 cm³/mol. The average Bonchev–Trinajstić information content (AvgIpc) is 3.33. The molecule has 4 aromatic rings. The summed E-state index contributed by atoms with van der Waals surface area (Å²) in [7, 11) is 0. The Bertz CT molecular complexity index is 1050. The molecule has 0 fully saturated rings. The van der Waals surface area contributed by atoms with Crippen molar-refractivity contribution in [1.82, 2.24) is 10.2 Å². The molecule has 0 aliphatic carbocycles. The first-order valence-electron chi connectivity index (χ1n) is 7.34. The van der Waals surface area contributed by atoms with Crippen LogP contribution in [0.15, 0.2) is 49.8 Å². The number of hydrogen-bond donors (Lipinski definition) is 0. The molecule has 0 aliphatic rings. The molecule has 4 rings (SSSR count). The average molecular weight is 359 g/mol. The van der Waals surface area contributed by atoms with E-state index in [1.165, 1.54) is 6.26 Å². The number of fused-ring (bicyclic) bond motifs is 1. The van der Waals surface area contributed by atoms with Crippen LogP contribution in [0.1, 0.15) is 22.0 Å². The molecule has 0 amide bonds. The highest BCUT2D eigenvalue weighted by Gasteiger charge is 2.21. The van der Waals surface area contributed by atoms with Crippen LogP contribution < -0.4 is 0 Å². The molecule has 0 radical (unpaired) electrons. The number of para-hydroxylation sites is 1. The Morgan fingerprint density at radius 1 is 1.20 bits per heavy atom. The minimum absolute atomic E-state index is 0.0915. The lowest BCUT2D eigenvalue weighted by Crippen LogP contribution is -2.05. The number of aryl methyl sites for hydroxylation is 1. The Morgan fingerprint density at radius 3 is 2.84 bits per heavy atom. The van der Waals surface area contributed by atoms with Gasteiger partial charge in [0.05, 0.1) is 11.3 Å². The van der Waals surface area contributed by atoms with Gasteiger partial charge in [0.25, 0.3) is 11.8 Å². The van der Waals surface area contributed by atoms with Crippen molar-refractivity contribution in [1.29, 1.82) is 0 Å². The van der Waals surface area contributed by atoms with Gasteiger partial charge >= 0.3 is 5.97 Å². The number of hydrogen-bond acceptors (Lipinski definition) is 7. The first-order valence-corrected chi connectivity index (χ1v) is 7.72. The molecule has 0 unspecified atom stereocenters. The third-order valence-electron chi connectivity index (χ3n) is 3.63. The predicted octanol–water partition coefficient (Wildman–Crippen LogP) is 4.39. The van der Waals surface area contributed by atoms with Crippen LogP contribution in [-0.2, 0) is 11.3 Å². The Kier molecular flexibility index (Phi) is 3.77. The summed E-state index contributed by atoms with van der Waals surface area (Å²) in [5, 5.41) is 8.83. The fourth-order valence-corrected chi connectivity index (χ4v) is 2.62. The fourth-order valence-electron chi connectivity index (χ4n) is 2.41. The summed E-state index contributed by atoms with van der Waals surface area (Å²) in [6.07, 6.45) is 1.49. The molecule has 7 nitrogen and oxygen atoms in total. The molecule has 126 valence electrons. The number of rotatable bonds is 4. The van der Waals surface area contributed by atoms with E-state index in [9.17, 15) is 4.79 Å². The highest BCUT2D eigenvalue weighted by Crippen LogP contribution is 2.31. The van der Waals surface area contributed by atoms with Gasteiger partial charge in [-0.1, -0.05) is 23.7 Å². The Hall–Kier alpha value is -3.06. The zero-order valence-electron chi connectivity index (χ0n) is 13.0. The van der Waals surface area contributed by atoms with E-state index in [4.69, 9.17) is 29.6 Å². The Labute approximate surface area is 146 Å². The van der Waals surface area contributed by atoms with Crippen LogP contribution in [0.3, 0.4) is 0 Å². The first kappa shape index (κ1) is 15.5. The molecule has 0 aliphatic heterocycles. The van der Waals surface area contributed by atoms with E-state index in [1.807, 2.05) is 6.07 Å². The molecule has 25 heavy (non-hydrogen) atoms. The van der Waals surface area contributed by atoms with Gasteiger partial charge in [-0.2, -0.15) is 0 Å². The highest BCUT2D eigenvalue weighted by atomic mass is 35.5. The van der Waals surface area contributed by atoms with E-state index in [-0.39, 0.29) is 24.1 Å². The van der Waals surface area contributed by atoms with Crippen LogP contribution in [0.2, 0.25) is 5.02 Å². The summed E-state index contributed by atoms with van der Waals surface area (Å²) in [4.78, 5) is 12.3. The molecule has 3 aromatic heterocycles. The summed E-state index contributed by atoms with van der Waals surface area (Å²) < 4.78 is 21.3. The Balaban J connectivity index is 1.51. The van der Waals surface area contributed by atoms with Crippen molar-refractivity contribution in [3.8, 4) is 11.7 Å². The number of esters is 1. The van der Waals surface area contributed by atoms with Gasteiger partial charge in [0, 0.05) is 10.9 Å². The first-order chi connectivity index (χ1) is 12.1.